The third-order valence-corrected chi connectivity index (χ3v) is 5.18. The molecule has 2 aliphatic rings. The van der Waals surface area contributed by atoms with Crippen molar-refractivity contribution in [2.45, 2.75) is 18.6 Å². The minimum Gasteiger partial charge on any atom is -0.495 e. The molecule has 152 valence electrons. The van der Waals surface area contributed by atoms with Crippen LogP contribution in [0.4, 0.5) is 5.69 Å². The van der Waals surface area contributed by atoms with Gasteiger partial charge in [-0.05, 0) is 24.3 Å². The lowest BCUT2D eigenvalue weighted by atomic mass is 10.0. The number of piperidine rings is 1. The van der Waals surface area contributed by atoms with Crippen molar-refractivity contribution < 1.29 is 23.8 Å². The molecule has 0 atom stereocenters. The Balaban J connectivity index is 1.44. The number of carbonyl (C=O) groups is 2. The van der Waals surface area contributed by atoms with Gasteiger partial charge in [0.2, 0.25) is 0 Å². The molecule has 0 aliphatic carbocycles. The van der Waals surface area contributed by atoms with Crippen molar-refractivity contribution in [3.8, 4) is 5.75 Å². The van der Waals surface area contributed by atoms with Crippen LogP contribution in [0.1, 0.15) is 33.8 Å². The molecule has 2 fully saturated rings. The number of nitrogens with one attached hydrogen (secondary N) is 1. The number of hydrogen-bond donors (Lipinski definition) is 1. The highest BCUT2D eigenvalue weighted by Crippen LogP contribution is 2.31. The summed E-state index contributed by atoms with van der Waals surface area (Å²) < 4.78 is 16.7. The quantitative estimate of drug-likeness (QED) is 0.852. The van der Waals surface area contributed by atoms with Crippen LogP contribution in [-0.2, 0) is 9.47 Å². The van der Waals surface area contributed by atoms with Gasteiger partial charge in [-0.15, -0.1) is 0 Å². The molecular formula is C21H23N3O5. The molecule has 0 radical (unpaired) electrons. The number of hydrogen-bond acceptors (Lipinski definition) is 6. The number of likely N-dealkylation sites (tertiary alicyclic amines) is 1. The van der Waals surface area contributed by atoms with Crippen LogP contribution >= 0.6 is 0 Å². The van der Waals surface area contributed by atoms with Crippen LogP contribution in [0.5, 0.6) is 5.75 Å². The number of aromatic nitrogens is 1. The molecule has 2 aromatic rings. The van der Waals surface area contributed by atoms with Crippen molar-refractivity contribution in [2.24, 2.45) is 0 Å². The van der Waals surface area contributed by atoms with E-state index in [1.807, 2.05) is 6.07 Å². The lowest BCUT2D eigenvalue weighted by molar-refractivity contribution is -0.181. The zero-order valence-electron chi connectivity index (χ0n) is 16.2. The smallest absolute Gasteiger partial charge is 0.274 e. The second-order valence-electron chi connectivity index (χ2n) is 6.96. The Hall–Kier alpha value is -2.97. The van der Waals surface area contributed by atoms with Gasteiger partial charge in [-0.3, -0.25) is 9.59 Å². The van der Waals surface area contributed by atoms with Crippen LogP contribution in [0, 0.1) is 0 Å². The first-order chi connectivity index (χ1) is 14.1. The van der Waals surface area contributed by atoms with Crippen LogP contribution < -0.4 is 10.1 Å². The van der Waals surface area contributed by atoms with E-state index in [1.54, 1.807) is 41.3 Å². The molecule has 1 aromatic carbocycles. The number of nitrogens with zero attached hydrogens (tertiary/aromatic N) is 2. The maximum atomic E-state index is 12.9. The number of para-hydroxylation sites is 2. The summed E-state index contributed by atoms with van der Waals surface area (Å²) in [6, 6.07) is 12.0. The summed E-state index contributed by atoms with van der Waals surface area (Å²) in [7, 11) is 1.53. The SMILES string of the molecule is COc1ccccc1NC(=O)c1cccc(C(=O)N2CCC3(CC2)OCCO3)n1. The number of amides is 2. The molecule has 0 saturated carbocycles. The van der Waals surface area contributed by atoms with Gasteiger partial charge in [0.25, 0.3) is 11.8 Å². The monoisotopic (exact) mass is 397 g/mol. The van der Waals surface area contributed by atoms with Crippen molar-refractivity contribution in [3.63, 3.8) is 0 Å². The summed E-state index contributed by atoms with van der Waals surface area (Å²) in [5.74, 6) is -0.605. The Labute approximate surface area is 168 Å². The van der Waals surface area contributed by atoms with Crippen LogP contribution in [0.3, 0.4) is 0 Å². The minimum absolute atomic E-state index is 0.165. The van der Waals surface area contributed by atoms with E-state index < -0.39 is 11.7 Å². The number of benzene rings is 1. The van der Waals surface area contributed by atoms with Gasteiger partial charge >= 0.3 is 0 Å². The predicted molar refractivity (Wildman–Crippen MR) is 105 cm³/mol. The van der Waals surface area contributed by atoms with Crippen LogP contribution in [0.15, 0.2) is 42.5 Å². The first kappa shape index (κ1) is 19.4. The summed E-state index contributed by atoms with van der Waals surface area (Å²) in [5, 5.41) is 2.77. The Morgan fingerprint density at radius 2 is 1.72 bits per heavy atom. The van der Waals surface area contributed by atoms with Crippen molar-refractivity contribution in [1.82, 2.24) is 9.88 Å². The first-order valence-electron chi connectivity index (χ1n) is 9.59. The molecule has 1 N–H and O–H groups in total. The summed E-state index contributed by atoms with van der Waals surface area (Å²) in [5.41, 5.74) is 0.941. The van der Waals surface area contributed by atoms with Gasteiger partial charge in [-0.2, -0.15) is 0 Å². The van der Waals surface area contributed by atoms with E-state index in [0.29, 0.717) is 50.6 Å². The van der Waals surface area contributed by atoms with Gasteiger partial charge in [0.15, 0.2) is 5.79 Å². The maximum absolute atomic E-state index is 12.9. The molecular weight excluding hydrogens is 374 g/mol. The highest BCUT2D eigenvalue weighted by atomic mass is 16.7. The van der Waals surface area contributed by atoms with Crippen LogP contribution in [0.2, 0.25) is 0 Å². The Kier molecular flexibility index (Phi) is 5.46. The van der Waals surface area contributed by atoms with E-state index in [-0.39, 0.29) is 17.3 Å². The average Bonchev–Trinajstić information content (AvgIpc) is 3.22. The molecule has 2 saturated heterocycles. The molecule has 0 bridgehead atoms. The van der Waals surface area contributed by atoms with Gasteiger partial charge in [0.1, 0.15) is 17.1 Å². The van der Waals surface area contributed by atoms with Gasteiger partial charge in [0.05, 0.1) is 26.0 Å². The van der Waals surface area contributed by atoms with Crippen molar-refractivity contribution >= 4 is 17.5 Å². The van der Waals surface area contributed by atoms with Gasteiger partial charge in [-0.25, -0.2) is 4.98 Å². The fraction of sp³-hybridized carbons (Fsp3) is 0.381. The molecule has 4 rings (SSSR count). The predicted octanol–water partition coefficient (Wildman–Crippen LogP) is 2.32. The van der Waals surface area contributed by atoms with Gasteiger partial charge < -0.3 is 24.4 Å². The fourth-order valence-electron chi connectivity index (χ4n) is 3.61. The zero-order valence-corrected chi connectivity index (χ0v) is 16.2. The fourth-order valence-corrected chi connectivity index (χ4v) is 3.61. The Morgan fingerprint density at radius 3 is 2.45 bits per heavy atom. The molecule has 1 spiro atoms. The van der Waals surface area contributed by atoms with Crippen LogP contribution in [0.25, 0.3) is 0 Å². The summed E-state index contributed by atoms with van der Waals surface area (Å²) in [6.45, 7) is 2.24. The largest absolute Gasteiger partial charge is 0.495 e. The van der Waals surface area contributed by atoms with Gasteiger partial charge in [0, 0.05) is 25.9 Å². The summed E-state index contributed by atoms with van der Waals surface area (Å²) in [4.78, 5) is 31.5. The lowest BCUT2D eigenvalue weighted by Crippen LogP contribution is -2.47. The molecule has 0 unspecified atom stereocenters. The number of rotatable bonds is 4. The number of ether oxygens (including phenoxy) is 3. The number of methoxy groups -OCH3 is 1. The number of anilines is 1. The lowest BCUT2D eigenvalue weighted by Gasteiger charge is -2.37. The first-order valence-corrected chi connectivity index (χ1v) is 9.59. The molecule has 2 amide bonds. The van der Waals surface area contributed by atoms with E-state index in [1.165, 1.54) is 7.11 Å². The Morgan fingerprint density at radius 1 is 1.03 bits per heavy atom. The number of carbonyl (C=O) groups excluding carboxylic acids is 2. The van der Waals surface area contributed by atoms with E-state index in [4.69, 9.17) is 14.2 Å². The van der Waals surface area contributed by atoms with E-state index >= 15 is 0 Å². The van der Waals surface area contributed by atoms with Gasteiger partial charge in [-0.1, -0.05) is 18.2 Å². The molecule has 29 heavy (non-hydrogen) atoms. The maximum Gasteiger partial charge on any atom is 0.274 e. The molecule has 1 aromatic heterocycles. The topological polar surface area (TPSA) is 90.0 Å². The normalized spacial score (nSPS) is 17.9. The number of pyridine rings is 1. The van der Waals surface area contributed by atoms with Crippen molar-refractivity contribution in [1.29, 1.82) is 0 Å². The second-order valence-corrected chi connectivity index (χ2v) is 6.96. The van der Waals surface area contributed by atoms with Crippen molar-refractivity contribution in [3.05, 3.63) is 53.9 Å². The minimum atomic E-state index is -0.541. The van der Waals surface area contributed by atoms with Crippen LogP contribution in [-0.4, -0.2) is 60.9 Å². The standard InChI is InChI=1S/C21H23N3O5/c1-27-18-8-3-2-5-15(18)23-19(25)16-6-4-7-17(22-16)20(26)24-11-9-21(10-12-24)28-13-14-29-21/h2-8H,9-14H2,1H3,(H,23,25). The molecule has 3 heterocycles. The molecule has 2 aliphatic heterocycles. The highest BCUT2D eigenvalue weighted by Gasteiger charge is 2.41. The highest BCUT2D eigenvalue weighted by molar-refractivity contribution is 6.04. The van der Waals surface area contributed by atoms with Crippen molar-refractivity contribution in [2.75, 3.05) is 38.7 Å². The van der Waals surface area contributed by atoms with E-state index in [9.17, 15) is 9.59 Å². The third-order valence-electron chi connectivity index (χ3n) is 5.18. The van der Waals surface area contributed by atoms with E-state index in [0.717, 1.165) is 0 Å². The second kappa shape index (κ2) is 8.18. The molecule has 8 heteroatoms. The average molecular weight is 397 g/mol. The third kappa shape index (κ3) is 4.08. The van der Waals surface area contributed by atoms with E-state index in [2.05, 4.69) is 10.3 Å². The summed E-state index contributed by atoms with van der Waals surface area (Å²) in [6.07, 6.45) is 1.26. The molecule has 8 nitrogen and oxygen atoms in total. The summed E-state index contributed by atoms with van der Waals surface area (Å²) >= 11 is 0. The Bertz CT molecular complexity index is 901. The zero-order chi connectivity index (χ0) is 20.3.